The Kier molecular flexibility index (Phi) is 4.40. The Bertz CT molecular complexity index is 996. The van der Waals surface area contributed by atoms with Crippen LogP contribution in [-0.2, 0) is 6.54 Å². The summed E-state index contributed by atoms with van der Waals surface area (Å²) in [6.45, 7) is 5.74. The summed E-state index contributed by atoms with van der Waals surface area (Å²) >= 11 is 0. The van der Waals surface area contributed by atoms with Gasteiger partial charge in [-0.1, -0.05) is 36.4 Å². The van der Waals surface area contributed by atoms with E-state index in [9.17, 15) is 4.79 Å². The molecule has 0 unspecified atom stereocenters. The van der Waals surface area contributed by atoms with Crippen molar-refractivity contribution >= 4 is 11.6 Å². The minimum Gasteiger partial charge on any atom is -0.335 e. The lowest BCUT2D eigenvalue weighted by Crippen LogP contribution is -2.43. The van der Waals surface area contributed by atoms with Gasteiger partial charge in [0.15, 0.2) is 0 Å². The number of benzene rings is 1. The fourth-order valence-electron chi connectivity index (χ4n) is 4.72. The van der Waals surface area contributed by atoms with E-state index in [2.05, 4.69) is 47.1 Å². The SMILES string of the molecule is Cc1ccc2nc(C(=O)N3C[C@H]4CC[C@@H](C3)N(Cc3ccccc3)C4)cn2c1. The van der Waals surface area contributed by atoms with E-state index in [0.29, 0.717) is 17.7 Å². The topological polar surface area (TPSA) is 40.9 Å². The van der Waals surface area contributed by atoms with Crippen LogP contribution in [0.4, 0.5) is 0 Å². The van der Waals surface area contributed by atoms with E-state index in [1.165, 1.54) is 18.4 Å². The number of amides is 1. The lowest BCUT2D eigenvalue weighted by atomic mass is 9.94. The molecule has 1 aromatic carbocycles. The molecule has 0 N–H and O–H groups in total. The lowest BCUT2D eigenvalue weighted by molar-refractivity contribution is 0.0731. The summed E-state index contributed by atoms with van der Waals surface area (Å²) in [4.78, 5) is 22.4. The number of aryl methyl sites for hydroxylation is 1. The van der Waals surface area contributed by atoms with Gasteiger partial charge in [0.2, 0.25) is 0 Å². The van der Waals surface area contributed by atoms with E-state index in [4.69, 9.17) is 0 Å². The van der Waals surface area contributed by atoms with Crippen molar-refractivity contribution in [3.05, 3.63) is 71.7 Å². The number of imidazole rings is 1. The third kappa shape index (κ3) is 3.31. The molecular formula is C23H26N4O. The molecule has 1 amide bonds. The highest BCUT2D eigenvalue weighted by molar-refractivity contribution is 5.93. The Morgan fingerprint density at radius 3 is 2.75 bits per heavy atom. The summed E-state index contributed by atoms with van der Waals surface area (Å²) in [7, 11) is 0. The summed E-state index contributed by atoms with van der Waals surface area (Å²) in [6.07, 6.45) is 6.28. The molecule has 0 saturated carbocycles. The van der Waals surface area contributed by atoms with Gasteiger partial charge in [-0.05, 0) is 42.9 Å². The van der Waals surface area contributed by atoms with E-state index >= 15 is 0 Å². The van der Waals surface area contributed by atoms with Gasteiger partial charge >= 0.3 is 0 Å². The molecule has 2 bridgehead atoms. The number of carbonyl (C=O) groups excluding carboxylic acids is 1. The highest BCUT2D eigenvalue weighted by Crippen LogP contribution is 2.30. The summed E-state index contributed by atoms with van der Waals surface area (Å²) in [6, 6.07) is 15.1. The normalized spacial score (nSPS) is 22.5. The Labute approximate surface area is 165 Å². The number of piperidine rings is 1. The number of hydrogen-bond acceptors (Lipinski definition) is 3. The van der Waals surface area contributed by atoms with Gasteiger partial charge in [-0.3, -0.25) is 9.69 Å². The van der Waals surface area contributed by atoms with Crippen molar-refractivity contribution in [3.8, 4) is 0 Å². The van der Waals surface area contributed by atoms with Crippen LogP contribution < -0.4 is 0 Å². The van der Waals surface area contributed by atoms with Gasteiger partial charge < -0.3 is 9.30 Å². The zero-order valence-electron chi connectivity index (χ0n) is 16.3. The molecule has 2 atom stereocenters. The second kappa shape index (κ2) is 7.06. The largest absolute Gasteiger partial charge is 0.335 e. The van der Waals surface area contributed by atoms with Gasteiger partial charge in [-0.15, -0.1) is 0 Å². The molecular weight excluding hydrogens is 348 g/mol. The number of carbonyl (C=O) groups is 1. The predicted octanol–water partition coefficient (Wildman–Crippen LogP) is 3.38. The Balaban J connectivity index is 1.35. The number of nitrogens with zero attached hydrogens (tertiary/aromatic N) is 4. The number of hydrogen-bond donors (Lipinski definition) is 0. The van der Waals surface area contributed by atoms with Crippen molar-refractivity contribution in [2.24, 2.45) is 5.92 Å². The van der Waals surface area contributed by atoms with Crippen LogP contribution in [0.15, 0.2) is 54.9 Å². The predicted molar refractivity (Wildman–Crippen MR) is 109 cm³/mol. The van der Waals surface area contributed by atoms with E-state index in [-0.39, 0.29) is 5.91 Å². The van der Waals surface area contributed by atoms with Crippen molar-refractivity contribution in [3.63, 3.8) is 0 Å². The molecule has 3 aromatic rings. The maximum atomic E-state index is 13.2. The van der Waals surface area contributed by atoms with Crippen LogP contribution in [0.3, 0.4) is 0 Å². The molecule has 0 radical (unpaired) electrons. The smallest absolute Gasteiger partial charge is 0.274 e. The molecule has 3 saturated heterocycles. The molecule has 6 rings (SSSR count). The maximum absolute atomic E-state index is 13.2. The van der Waals surface area contributed by atoms with Crippen molar-refractivity contribution in [1.82, 2.24) is 19.2 Å². The second-order valence-electron chi connectivity index (χ2n) is 8.32. The molecule has 3 fully saturated rings. The maximum Gasteiger partial charge on any atom is 0.274 e. The average molecular weight is 374 g/mol. The van der Waals surface area contributed by atoms with Gasteiger partial charge in [-0.25, -0.2) is 4.98 Å². The summed E-state index contributed by atoms with van der Waals surface area (Å²) in [5.74, 6) is 0.616. The Hall–Kier alpha value is -2.66. The minimum absolute atomic E-state index is 0.0693. The third-order valence-corrected chi connectivity index (χ3v) is 6.16. The van der Waals surface area contributed by atoms with Gasteiger partial charge in [0.25, 0.3) is 5.91 Å². The first-order valence-electron chi connectivity index (χ1n) is 10.2. The third-order valence-electron chi connectivity index (χ3n) is 6.16. The first-order chi connectivity index (χ1) is 13.7. The van der Waals surface area contributed by atoms with Crippen LogP contribution in [-0.4, -0.2) is 50.8 Å². The first-order valence-corrected chi connectivity index (χ1v) is 10.2. The Morgan fingerprint density at radius 1 is 1.04 bits per heavy atom. The van der Waals surface area contributed by atoms with E-state index in [1.807, 2.05) is 33.8 Å². The van der Waals surface area contributed by atoms with Gasteiger partial charge in [0, 0.05) is 44.6 Å². The summed E-state index contributed by atoms with van der Waals surface area (Å²) in [5, 5.41) is 0. The molecule has 0 aliphatic carbocycles. The molecule has 2 aromatic heterocycles. The van der Waals surface area contributed by atoms with Gasteiger partial charge in [0.1, 0.15) is 11.3 Å². The standard InChI is InChI=1S/C23H26N4O/c1-17-7-10-22-24-21(16-26(22)11-17)23(28)27-14-19-8-9-20(15-27)25(13-19)12-18-5-3-2-4-6-18/h2-7,10-11,16,19-20H,8-9,12-15H2,1H3/t19-,20-/m0/s1. The van der Waals surface area contributed by atoms with Gasteiger partial charge in [0.05, 0.1) is 0 Å². The van der Waals surface area contributed by atoms with Crippen LogP contribution in [0.25, 0.3) is 5.65 Å². The summed E-state index contributed by atoms with van der Waals surface area (Å²) < 4.78 is 1.96. The van der Waals surface area contributed by atoms with E-state index in [1.54, 1.807) is 0 Å². The second-order valence-corrected chi connectivity index (χ2v) is 8.32. The van der Waals surface area contributed by atoms with E-state index < -0.39 is 0 Å². The summed E-state index contributed by atoms with van der Waals surface area (Å²) in [5.41, 5.74) is 3.90. The lowest BCUT2D eigenvalue weighted by Gasteiger charge is -2.36. The molecule has 28 heavy (non-hydrogen) atoms. The van der Waals surface area contributed by atoms with Crippen molar-refractivity contribution < 1.29 is 4.79 Å². The van der Waals surface area contributed by atoms with Crippen LogP contribution in [0.5, 0.6) is 0 Å². The van der Waals surface area contributed by atoms with Crippen LogP contribution in [0.2, 0.25) is 0 Å². The number of aromatic nitrogens is 2. The minimum atomic E-state index is 0.0693. The first kappa shape index (κ1) is 17.4. The van der Waals surface area contributed by atoms with Crippen molar-refractivity contribution in [2.75, 3.05) is 19.6 Å². The highest BCUT2D eigenvalue weighted by Gasteiger charge is 2.37. The molecule has 144 valence electrons. The zero-order chi connectivity index (χ0) is 19.1. The fourth-order valence-corrected chi connectivity index (χ4v) is 4.72. The molecule has 3 aliphatic rings. The molecule has 5 nitrogen and oxygen atoms in total. The van der Waals surface area contributed by atoms with Gasteiger partial charge in [-0.2, -0.15) is 0 Å². The zero-order valence-corrected chi connectivity index (χ0v) is 16.3. The van der Waals surface area contributed by atoms with E-state index in [0.717, 1.165) is 37.4 Å². The average Bonchev–Trinajstić information content (AvgIpc) is 2.90. The molecule has 3 aliphatic heterocycles. The van der Waals surface area contributed by atoms with Crippen LogP contribution in [0.1, 0.15) is 34.5 Å². The quantitative estimate of drug-likeness (QED) is 0.706. The Morgan fingerprint density at radius 2 is 1.89 bits per heavy atom. The molecule has 5 heterocycles. The fraction of sp³-hybridized carbons (Fsp3) is 0.391. The van der Waals surface area contributed by atoms with Crippen molar-refractivity contribution in [1.29, 1.82) is 0 Å². The monoisotopic (exact) mass is 374 g/mol. The van der Waals surface area contributed by atoms with Crippen LogP contribution in [0, 0.1) is 12.8 Å². The molecule has 5 heteroatoms. The highest BCUT2D eigenvalue weighted by atomic mass is 16.2. The number of pyridine rings is 1. The number of rotatable bonds is 3. The van der Waals surface area contributed by atoms with Crippen molar-refractivity contribution in [2.45, 2.75) is 32.4 Å². The van der Waals surface area contributed by atoms with Crippen LogP contribution >= 0.6 is 0 Å². The molecule has 0 spiro atoms. The number of fused-ring (bicyclic) bond motifs is 5.